The van der Waals surface area contributed by atoms with Crippen LogP contribution in [0, 0.1) is 0 Å². The van der Waals surface area contributed by atoms with E-state index in [4.69, 9.17) is 5.73 Å². The van der Waals surface area contributed by atoms with Crippen molar-refractivity contribution in [2.75, 3.05) is 0 Å². The van der Waals surface area contributed by atoms with Crippen LogP contribution in [0.4, 0.5) is 13.2 Å². The first kappa shape index (κ1) is 14.1. The van der Waals surface area contributed by atoms with Crippen LogP contribution >= 0.6 is 0 Å². The molecule has 5 heteroatoms. The normalized spacial score (nSPS) is 19.3. The molecule has 2 N–H and O–H groups in total. The first-order valence-electron chi connectivity index (χ1n) is 6.83. The van der Waals surface area contributed by atoms with Crippen molar-refractivity contribution in [3.05, 3.63) is 65.0 Å². The van der Waals surface area contributed by atoms with Gasteiger partial charge < -0.3 is 5.73 Å². The predicted octanol–water partition coefficient (Wildman–Crippen LogP) is 3.83. The highest BCUT2D eigenvalue weighted by atomic mass is 19.4. The standard InChI is InChI=1S/C16H15F3N2/c17-16(18,19)12-6-3-10(4-7-12)14(20)13-8-5-11-2-1-9-21-15(11)13/h1-4,6-7,9,13-14H,5,8,20H2. The van der Waals surface area contributed by atoms with Crippen molar-refractivity contribution in [1.82, 2.24) is 4.98 Å². The molecule has 0 aliphatic heterocycles. The van der Waals surface area contributed by atoms with Crippen LogP contribution < -0.4 is 5.73 Å². The summed E-state index contributed by atoms with van der Waals surface area (Å²) in [5, 5.41) is 0. The zero-order chi connectivity index (χ0) is 15.0. The number of nitrogens with two attached hydrogens (primary N) is 1. The second kappa shape index (κ2) is 5.15. The summed E-state index contributed by atoms with van der Waals surface area (Å²) in [6.07, 6.45) is -0.780. The zero-order valence-electron chi connectivity index (χ0n) is 11.3. The van der Waals surface area contributed by atoms with E-state index in [-0.39, 0.29) is 12.0 Å². The molecule has 1 aliphatic carbocycles. The molecule has 0 radical (unpaired) electrons. The number of nitrogens with zero attached hydrogens (tertiary/aromatic N) is 1. The van der Waals surface area contributed by atoms with Gasteiger partial charge in [0.15, 0.2) is 0 Å². The highest BCUT2D eigenvalue weighted by Gasteiger charge is 2.32. The van der Waals surface area contributed by atoms with Gasteiger partial charge in [-0.25, -0.2) is 0 Å². The second-order valence-corrected chi connectivity index (χ2v) is 5.34. The zero-order valence-corrected chi connectivity index (χ0v) is 11.3. The summed E-state index contributed by atoms with van der Waals surface area (Å²) < 4.78 is 37.7. The lowest BCUT2D eigenvalue weighted by atomic mass is 9.91. The average Bonchev–Trinajstić information content (AvgIpc) is 2.90. The summed E-state index contributed by atoms with van der Waals surface area (Å²) >= 11 is 0. The summed E-state index contributed by atoms with van der Waals surface area (Å²) in [4.78, 5) is 4.38. The molecular weight excluding hydrogens is 277 g/mol. The number of aromatic nitrogens is 1. The molecule has 1 aromatic carbocycles. The van der Waals surface area contributed by atoms with E-state index in [1.165, 1.54) is 17.7 Å². The molecule has 0 saturated heterocycles. The van der Waals surface area contributed by atoms with Gasteiger partial charge >= 0.3 is 6.18 Å². The van der Waals surface area contributed by atoms with Crippen LogP contribution in [0.5, 0.6) is 0 Å². The van der Waals surface area contributed by atoms with E-state index in [2.05, 4.69) is 4.98 Å². The maximum Gasteiger partial charge on any atom is 0.416 e. The fourth-order valence-electron chi connectivity index (χ4n) is 2.92. The predicted molar refractivity (Wildman–Crippen MR) is 73.7 cm³/mol. The van der Waals surface area contributed by atoms with Crippen molar-refractivity contribution in [2.45, 2.75) is 31.0 Å². The van der Waals surface area contributed by atoms with Crippen molar-refractivity contribution in [3.63, 3.8) is 0 Å². The van der Waals surface area contributed by atoms with Gasteiger partial charge in [-0.15, -0.1) is 0 Å². The number of halogens is 3. The maximum atomic E-state index is 12.6. The van der Waals surface area contributed by atoms with Crippen LogP contribution in [0.15, 0.2) is 42.6 Å². The van der Waals surface area contributed by atoms with Gasteiger partial charge in [0, 0.05) is 23.9 Å². The Hall–Kier alpha value is -1.88. The molecule has 2 aromatic rings. The SMILES string of the molecule is NC(c1ccc(C(F)(F)F)cc1)C1CCc2cccnc21. The number of rotatable bonds is 2. The van der Waals surface area contributed by atoms with Crippen molar-refractivity contribution in [3.8, 4) is 0 Å². The van der Waals surface area contributed by atoms with Gasteiger partial charge in [0.05, 0.1) is 5.56 Å². The third kappa shape index (κ3) is 2.65. The van der Waals surface area contributed by atoms with E-state index in [0.29, 0.717) is 5.56 Å². The molecule has 0 amide bonds. The third-order valence-electron chi connectivity index (χ3n) is 4.06. The number of hydrogen-bond donors (Lipinski definition) is 1. The molecule has 3 rings (SSSR count). The Morgan fingerprint density at radius 1 is 1.14 bits per heavy atom. The van der Waals surface area contributed by atoms with Crippen LogP contribution in [0.1, 0.15) is 40.8 Å². The summed E-state index contributed by atoms with van der Waals surface area (Å²) in [5.74, 6) is 0.0675. The van der Waals surface area contributed by atoms with Gasteiger partial charge in [0.25, 0.3) is 0 Å². The van der Waals surface area contributed by atoms with E-state index in [0.717, 1.165) is 30.7 Å². The third-order valence-corrected chi connectivity index (χ3v) is 4.06. The topological polar surface area (TPSA) is 38.9 Å². The Balaban J connectivity index is 1.85. The largest absolute Gasteiger partial charge is 0.416 e. The first-order chi connectivity index (χ1) is 9.97. The molecule has 0 saturated carbocycles. The molecule has 0 fully saturated rings. The lowest BCUT2D eigenvalue weighted by Gasteiger charge is -2.20. The fraction of sp³-hybridized carbons (Fsp3) is 0.312. The number of fused-ring (bicyclic) bond motifs is 1. The van der Waals surface area contributed by atoms with E-state index in [1.54, 1.807) is 6.20 Å². The number of aryl methyl sites for hydroxylation is 1. The molecule has 2 atom stereocenters. The molecular formula is C16H15F3N2. The molecule has 110 valence electrons. The number of alkyl halides is 3. The monoisotopic (exact) mass is 292 g/mol. The molecule has 1 heterocycles. The van der Waals surface area contributed by atoms with Gasteiger partial charge in [-0.1, -0.05) is 18.2 Å². The summed E-state index contributed by atoms with van der Waals surface area (Å²) in [7, 11) is 0. The van der Waals surface area contributed by atoms with Crippen molar-refractivity contribution < 1.29 is 13.2 Å². The molecule has 1 aliphatic rings. The molecule has 0 bridgehead atoms. The Morgan fingerprint density at radius 2 is 1.86 bits per heavy atom. The van der Waals surface area contributed by atoms with Crippen LogP contribution in [-0.4, -0.2) is 4.98 Å². The molecule has 2 nitrogen and oxygen atoms in total. The van der Waals surface area contributed by atoms with Crippen LogP contribution in [0.3, 0.4) is 0 Å². The van der Waals surface area contributed by atoms with Gasteiger partial charge in [-0.2, -0.15) is 13.2 Å². The van der Waals surface area contributed by atoms with E-state index in [9.17, 15) is 13.2 Å². The fourth-order valence-corrected chi connectivity index (χ4v) is 2.92. The van der Waals surface area contributed by atoms with Crippen molar-refractivity contribution in [1.29, 1.82) is 0 Å². The van der Waals surface area contributed by atoms with Gasteiger partial charge in [0.2, 0.25) is 0 Å². The quantitative estimate of drug-likeness (QED) is 0.913. The minimum absolute atomic E-state index is 0.0675. The van der Waals surface area contributed by atoms with Gasteiger partial charge in [-0.05, 0) is 42.2 Å². The van der Waals surface area contributed by atoms with Crippen molar-refractivity contribution >= 4 is 0 Å². The van der Waals surface area contributed by atoms with E-state index in [1.807, 2.05) is 12.1 Å². The average molecular weight is 292 g/mol. The van der Waals surface area contributed by atoms with Crippen molar-refractivity contribution in [2.24, 2.45) is 5.73 Å². The Labute approximate surface area is 120 Å². The minimum Gasteiger partial charge on any atom is -0.323 e. The number of pyridine rings is 1. The summed E-state index contributed by atoms with van der Waals surface area (Å²) in [5.41, 5.74) is 8.48. The first-order valence-corrected chi connectivity index (χ1v) is 6.83. The minimum atomic E-state index is -4.32. The molecule has 2 unspecified atom stereocenters. The highest BCUT2D eigenvalue weighted by molar-refractivity contribution is 5.34. The molecule has 0 spiro atoms. The van der Waals surface area contributed by atoms with Crippen LogP contribution in [0.25, 0.3) is 0 Å². The molecule has 21 heavy (non-hydrogen) atoms. The maximum absolute atomic E-state index is 12.6. The highest BCUT2D eigenvalue weighted by Crippen LogP contribution is 2.39. The second-order valence-electron chi connectivity index (χ2n) is 5.34. The summed E-state index contributed by atoms with van der Waals surface area (Å²) in [6.45, 7) is 0. The molecule has 1 aromatic heterocycles. The van der Waals surface area contributed by atoms with Crippen LogP contribution in [0.2, 0.25) is 0 Å². The van der Waals surface area contributed by atoms with Gasteiger partial charge in [0.1, 0.15) is 0 Å². The Bertz CT molecular complexity index is 635. The number of hydrogen-bond acceptors (Lipinski definition) is 2. The van der Waals surface area contributed by atoms with Gasteiger partial charge in [-0.3, -0.25) is 4.98 Å². The lowest BCUT2D eigenvalue weighted by molar-refractivity contribution is -0.137. The summed E-state index contributed by atoms with van der Waals surface area (Å²) in [6, 6.07) is 8.70. The number of benzene rings is 1. The smallest absolute Gasteiger partial charge is 0.323 e. The van der Waals surface area contributed by atoms with E-state index >= 15 is 0 Å². The van der Waals surface area contributed by atoms with Crippen LogP contribution in [-0.2, 0) is 12.6 Å². The Kier molecular flexibility index (Phi) is 3.45. The Morgan fingerprint density at radius 3 is 2.52 bits per heavy atom. The lowest BCUT2D eigenvalue weighted by Crippen LogP contribution is -2.19. The van der Waals surface area contributed by atoms with E-state index < -0.39 is 11.7 Å².